The molecule has 1 aliphatic rings. The van der Waals surface area contributed by atoms with Gasteiger partial charge < -0.3 is 15.0 Å². The van der Waals surface area contributed by atoms with Crippen LogP contribution in [0.3, 0.4) is 0 Å². The van der Waals surface area contributed by atoms with E-state index in [1.165, 1.54) is 4.90 Å². The van der Waals surface area contributed by atoms with Gasteiger partial charge in [-0.25, -0.2) is 4.79 Å². The van der Waals surface area contributed by atoms with E-state index in [0.717, 1.165) is 9.37 Å². The van der Waals surface area contributed by atoms with E-state index >= 15 is 0 Å². The predicted molar refractivity (Wildman–Crippen MR) is 92.7 cm³/mol. The minimum Gasteiger partial charge on any atom is -0.456 e. The number of carbonyl (C=O) groups is 4. The molecule has 0 bridgehead atoms. The van der Waals surface area contributed by atoms with Crippen LogP contribution in [0.5, 0.6) is 0 Å². The molecule has 1 saturated heterocycles. The summed E-state index contributed by atoms with van der Waals surface area (Å²) in [5.41, 5.74) is 0.589. The lowest BCUT2D eigenvalue weighted by atomic mass is 10.3. The van der Waals surface area contributed by atoms with Gasteiger partial charge in [0.2, 0.25) is 5.91 Å². The Labute approximate surface area is 153 Å². The molecule has 0 radical (unpaired) electrons. The molecule has 1 N–H and O–H groups in total. The number of amides is 4. The van der Waals surface area contributed by atoms with Gasteiger partial charge in [0.15, 0.2) is 6.61 Å². The average Bonchev–Trinajstić information content (AvgIpc) is 2.79. The summed E-state index contributed by atoms with van der Waals surface area (Å²) in [5.74, 6) is -1.29. The van der Waals surface area contributed by atoms with Crippen molar-refractivity contribution >= 4 is 45.4 Å². The van der Waals surface area contributed by atoms with Gasteiger partial charge in [-0.3, -0.25) is 19.3 Å². The Morgan fingerprint density at radius 1 is 1.32 bits per heavy atom. The number of halogens is 1. The van der Waals surface area contributed by atoms with Gasteiger partial charge in [0.1, 0.15) is 6.54 Å². The quantitative estimate of drug-likeness (QED) is 0.542. The zero-order valence-corrected chi connectivity index (χ0v) is 15.2. The molecule has 8 nitrogen and oxygen atoms in total. The zero-order chi connectivity index (χ0) is 18.4. The molecule has 134 valence electrons. The Bertz CT molecular complexity index is 694. The molecule has 1 aromatic rings. The number of esters is 1. The molecule has 1 aliphatic heterocycles. The molecular weight excluding hydrogens is 394 g/mol. The lowest BCUT2D eigenvalue weighted by Crippen LogP contribution is -2.32. The van der Waals surface area contributed by atoms with Gasteiger partial charge in [-0.1, -0.05) is 22.0 Å². The maximum Gasteiger partial charge on any atom is 0.326 e. The van der Waals surface area contributed by atoms with Gasteiger partial charge in [-0.15, -0.1) is 0 Å². The van der Waals surface area contributed by atoms with Crippen LogP contribution in [0, 0.1) is 0 Å². The Kier molecular flexibility index (Phi) is 6.51. The normalized spacial score (nSPS) is 14.0. The van der Waals surface area contributed by atoms with Crippen LogP contribution in [-0.2, 0) is 19.1 Å². The van der Waals surface area contributed by atoms with Crippen LogP contribution in [0.1, 0.15) is 12.8 Å². The summed E-state index contributed by atoms with van der Waals surface area (Å²) in [4.78, 5) is 49.0. The predicted octanol–water partition coefficient (Wildman–Crippen LogP) is 1.61. The number of urea groups is 1. The summed E-state index contributed by atoms with van der Waals surface area (Å²) in [7, 11) is 1.54. The molecule has 1 fully saturated rings. The zero-order valence-electron chi connectivity index (χ0n) is 13.7. The maximum atomic E-state index is 11.7. The first-order valence-corrected chi connectivity index (χ1v) is 8.42. The van der Waals surface area contributed by atoms with E-state index in [9.17, 15) is 19.2 Å². The third kappa shape index (κ3) is 5.56. The molecule has 9 heteroatoms. The largest absolute Gasteiger partial charge is 0.456 e. The Balaban J connectivity index is 1.66. The number of hydrogen-bond acceptors (Lipinski definition) is 5. The summed E-state index contributed by atoms with van der Waals surface area (Å²) >= 11 is 3.29. The third-order valence-corrected chi connectivity index (χ3v) is 3.96. The Hall–Kier alpha value is -2.42. The maximum absolute atomic E-state index is 11.7. The second-order valence-electron chi connectivity index (χ2n) is 5.51. The fourth-order valence-electron chi connectivity index (χ4n) is 2.25. The highest BCUT2D eigenvalue weighted by molar-refractivity contribution is 9.10. The first-order valence-electron chi connectivity index (χ1n) is 7.63. The number of likely N-dealkylation sites (N-methyl/N-ethyl adjacent to an activating group) is 1. The standard InChI is InChI=1S/C16H18BrN3O5/c1-19-9-14(22)20(16(19)24)7-3-6-15(23)25-10-13(21)18-12-5-2-4-11(17)8-12/h2,4-5,8H,3,6-7,9-10H2,1H3,(H,18,21). The molecule has 25 heavy (non-hydrogen) atoms. The number of anilines is 1. The summed E-state index contributed by atoms with van der Waals surface area (Å²) < 4.78 is 5.70. The van der Waals surface area contributed by atoms with Crippen LogP contribution in [0.4, 0.5) is 10.5 Å². The number of imide groups is 1. The summed E-state index contributed by atoms with van der Waals surface area (Å²) in [6.07, 6.45) is 0.308. The minimum atomic E-state index is -0.558. The number of rotatable bonds is 7. The highest BCUT2D eigenvalue weighted by Crippen LogP contribution is 2.15. The van der Waals surface area contributed by atoms with Crippen molar-refractivity contribution in [2.45, 2.75) is 12.8 Å². The molecule has 2 rings (SSSR count). The molecule has 0 aliphatic carbocycles. The molecule has 4 amide bonds. The lowest BCUT2D eigenvalue weighted by molar-refractivity contribution is -0.147. The SMILES string of the molecule is CN1CC(=O)N(CCCC(=O)OCC(=O)Nc2cccc(Br)c2)C1=O. The number of carbonyl (C=O) groups excluding carboxylic acids is 4. The molecule has 0 saturated carbocycles. The Morgan fingerprint density at radius 3 is 2.72 bits per heavy atom. The second-order valence-corrected chi connectivity index (χ2v) is 6.42. The highest BCUT2D eigenvalue weighted by Gasteiger charge is 2.32. The van der Waals surface area contributed by atoms with Crippen molar-refractivity contribution in [1.82, 2.24) is 9.80 Å². The highest BCUT2D eigenvalue weighted by atomic mass is 79.9. The van der Waals surface area contributed by atoms with Gasteiger partial charge >= 0.3 is 12.0 Å². The molecule has 1 aromatic carbocycles. The average molecular weight is 412 g/mol. The van der Waals surface area contributed by atoms with Crippen LogP contribution in [-0.4, -0.2) is 60.4 Å². The van der Waals surface area contributed by atoms with Gasteiger partial charge in [0, 0.05) is 30.2 Å². The second kappa shape index (κ2) is 8.61. The van der Waals surface area contributed by atoms with Gasteiger partial charge in [0.05, 0.1) is 0 Å². The monoisotopic (exact) mass is 411 g/mol. The molecule has 0 unspecified atom stereocenters. The van der Waals surface area contributed by atoms with Gasteiger partial charge in [-0.05, 0) is 24.6 Å². The van der Waals surface area contributed by atoms with Gasteiger partial charge in [-0.2, -0.15) is 0 Å². The first-order chi connectivity index (χ1) is 11.9. The fourth-order valence-corrected chi connectivity index (χ4v) is 2.65. The van der Waals surface area contributed by atoms with Crippen LogP contribution < -0.4 is 5.32 Å². The smallest absolute Gasteiger partial charge is 0.326 e. The Morgan fingerprint density at radius 2 is 2.08 bits per heavy atom. The third-order valence-electron chi connectivity index (χ3n) is 3.47. The van der Waals surface area contributed by atoms with Crippen molar-refractivity contribution in [3.63, 3.8) is 0 Å². The minimum absolute atomic E-state index is 0.0188. The van der Waals surface area contributed by atoms with E-state index in [2.05, 4.69) is 21.2 Å². The van der Waals surface area contributed by atoms with Crippen LogP contribution in [0.25, 0.3) is 0 Å². The number of hydrogen-bond donors (Lipinski definition) is 1. The summed E-state index contributed by atoms with van der Waals surface area (Å²) in [5, 5.41) is 2.61. The molecule has 0 aromatic heterocycles. The summed E-state index contributed by atoms with van der Waals surface area (Å²) in [6.45, 7) is -0.184. The van der Waals surface area contributed by atoms with Crippen molar-refractivity contribution in [2.24, 2.45) is 0 Å². The molecular formula is C16H18BrN3O5. The van der Waals surface area contributed by atoms with E-state index in [-0.39, 0.29) is 37.9 Å². The van der Waals surface area contributed by atoms with Crippen LogP contribution in [0.2, 0.25) is 0 Å². The lowest BCUT2D eigenvalue weighted by Gasteiger charge is -2.13. The summed E-state index contributed by atoms with van der Waals surface area (Å²) in [6, 6.07) is 6.66. The number of ether oxygens (including phenoxy) is 1. The number of nitrogens with zero attached hydrogens (tertiary/aromatic N) is 2. The van der Waals surface area contributed by atoms with Gasteiger partial charge in [0.25, 0.3) is 5.91 Å². The van der Waals surface area contributed by atoms with Crippen molar-refractivity contribution in [3.8, 4) is 0 Å². The van der Waals surface area contributed by atoms with Crippen LogP contribution in [0.15, 0.2) is 28.7 Å². The first kappa shape index (κ1) is 18.9. The fraction of sp³-hybridized carbons (Fsp3) is 0.375. The molecule has 1 heterocycles. The van der Waals surface area contributed by atoms with E-state index in [0.29, 0.717) is 5.69 Å². The van der Waals surface area contributed by atoms with Crippen molar-refractivity contribution < 1.29 is 23.9 Å². The van der Waals surface area contributed by atoms with Crippen molar-refractivity contribution in [1.29, 1.82) is 0 Å². The van der Waals surface area contributed by atoms with Crippen molar-refractivity contribution in [2.75, 3.05) is 32.1 Å². The van der Waals surface area contributed by atoms with E-state index in [4.69, 9.17) is 4.74 Å². The van der Waals surface area contributed by atoms with E-state index < -0.39 is 18.5 Å². The van der Waals surface area contributed by atoms with Crippen molar-refractivity contribution in [3.05, 3.63) is 28.7 Å². The number of benzene rings is 1. The topological polar surface area (TPSA) is 96.0 Å². The molecule has 0 atom stereocenters. The molecule has 0 spiro atoms. The van der Waals surface area contributed by atoms with E-state index in [1.807, 2.05) is 6.07 Å². The number of nitrogens with one attached hydrogen (secondary N) is 1. The van der Waals surface area contributed by atoms with Crippen LogP contribution >= 0.6 is 15.9 Å². The van der Waals surface area contributed by atoms with E-state index in [1.54, 1.807) is 25.2 Å².